The lowest BCUT2D eigenvalue weighted by molar-refractivity contribution is -0.0498. The summed E-state index contributed by atoms with van der Waals surface area (Å²) in [5.41, 5.74) is 2.90. The Bertz CT molecular complexity index is 576. The molecule has 6 heteroatoms. The number of pyridine rings is 1. The molecule has 0 bridgehead atoms. The van der Waals surface area contributed by atoms with E-state index in [4.69, 9.17) is 0 Å². The van der Waals surface area contributed by atoms with E-state index >= 15 is 0 Å². The molecule has 2 aromatic rings. The Morgan fingerprint density at radius 2 is 2.00 bits per heavy atom. The fourth-order valence-corrected chi connectivity index (χ4v) is 1.86. The Morgan fingerprint density at radius 1 is 1.30 bits per heavy atom. The molecule has 0 aliphatic rings. The molecule has 0 saturated carbocycles. The van der Waals surface area contributed by atoms with Crippen LogP contribution in [0.5, 0.6) is 5.75 Å². The van der Waals surface area contributed by atoms with Gasteiger partial charge in [-0.05, 0) is 52.2 Å². The van der Waals surface area contributed by atoms with E-state index in [1.807, 2.05) is 13.0 Å². The van der Waals surface area contributed by atoms with Crippen LogP contribution in [-0.4, -0.2) is 11.6 Å². The highest BCUT2D eigenvalue weighted by Crippen LogP contribution is 2.18. The lowest BCUT2D eigenvalue weighted by atomic mass is 10.2. The summed E-state index contributed by atoms with van der Waals surface area (Å²) in [6, 6.07) is 8.50. The van der Waals surface area contributed by atoms with E-state index in [2.05, 4.69) is 31.0 Å². The SMILES string of the molecule is Cc1cc(NCc2ccc(OC(F)F)cc2)cnc1Br. The number of aryl methyl sites for hydroxylation is 1. The third-order valence-corrected chi connectivity index (χ3v) is 3.49. The highest BCUT2D eigenvalue weighted by atomic mass is 79.9. The zero-order chi connectivity index (χ0) is 14.5. The molecule has 3 nitrogen and oxygen atoms in total. The third kappa shape index (κ3) is 4.16. The Morgan fingerprint density at radius 3 is 2.60 bits per heavy atom. The van der Waals surface area contributed by atoms with Gasteiger partial charge in [-0.3, -0.25) is 0 Å². The molecule has 1 aromatic carbocycles. The molecular weight excluding hydrogens is 330 g/mol. The molecule has 106 valence electrons. The van der Waals surface area contributed by atoms with Gasteiger partial charge in [0.15, 0.2) is 0 Å². The number of halogens is 3. The van der Waals surface area contributed by atoms with Crippen molar-refractivity contribution in [1.29, 1.82) is 0 Å². The van der Waals surface area contributed by atoms with Crippen LogP contribution in [0.4, 0.5) is 14.5 Å². The molecule has 0 fully saturated rings. The van der Waals surface area contributed by atoms with Crippen LogP contribution in [0, 0.1) is 6.92 Å². The van der Waals surface area contributed by atoms with E-state index in [0.29, 0.717) is 6.54 Å². The molecule has 1 aromatic heterocycles. The van der Waals surface area contributed by atoms with Gasteiger partial charge in [0.1, 0.15) is 10.4 Å². The first kappa shape index (κ1) is 14.7. The highest BCUT2D eigenvalue weighted by Gasteiger charge is 2.04. The van der Waals surface area contributed by atoms with Crippen LogP contribution in [0.2, 0.25) is 0 Å². The number of hydrogen-bond acceptors (Lipinski definition) is 3. The molecule has 0 unspecified atom stereocenters. The van der Waals surface area contributed by atoms with E-state index in [1.165, 1.54) is 12.1 Å². The largest absolute Gasteiger partial charge is 0.435 e. The minimum absolute atomic E-state index is 0.157. The van der Waals surface area contributed by atoms with Gasteiger partial charge in [0.2, 0.25) is 0 Å². The Balaban J connectivity index is 1.95. The number of benzene rings is 1. The average molecular weight is 343 g/mol. The minimum atomic E-state index is -2.80. The van der Waals surface area contributed by atoms with E-state index < -0.39 is 6.61 Å². The summed E-state index contributed by atoms with van der Waals surface area (Å²) in [6.07, 6.45) is 1.73. The second-order valence-corrected chi connectivity index (χ2v) is 4.96. The van der Waals surface area contributed by atoms with Crippen molar-refractivity contribution in [3.8, 4) is 5.75 Å². The summed E-state index contributed by atoms with van der Waals surface area (Å²) in [5.74, 6) is 0.157. The third-order valence-electron chi connectivity index (χ3n) is 2.66. The molecule has 0 amide bonds. The van der Waals surface area contributed by atoms with Crippen LogP contribution in [0.15, 0.2) is 41.1 Å². The fraction of sp³-hybridized carbons (Fsp3) is 0.214. The van der Waals surface area contributed by atoms with Crippen LogP contribution < -0.4 is 10.1 Å². The number of nitrogens with one attached hydrogen (secondary N) is 1. The maximum absolute atomic E-state index is 12.0. The van der Waals surface area contributed by atoms with Gasteiger partial charge in [0.25, 0.3) is 0 Å². The second-order valence-electron chi connectivity index (χ2n) is 4.21. The fourth-order valence-electron chi connectivity index (χ4n) is 1.65. The van der Waals surface area contributed by atoms with Crippen LogP contribution in [-0.2, 0) is 6.54 Å². The highest BCUT2D eigenvalue weighted by molar-refractivity contribution is 9.10. The number of anilines is 1. The first-order chi connectivity index (χ1) is 9.54. The van der Waals surface area contributed by atoms with Crippen molar-refractivity contribution in [2.24, 2.45) is 0 Å². The van der Waals surface area contributed by atoms with Gasteiger partial charge in [0.05, 0.1) is 11.9 Å². The van der Waals surface area contributed by atoms with Gasteiger partial charge in [-0.2, -0.15) is 8.78 Å². The van der Waals surface area contributed by atoms with Gasteiger partial charge < -0.3 is 10.1 Å². The number of ether oxygens (including phenoxy) is 1. The van der Waals surface area contributed by atoms with Crippen molar-refractivity contribution >= 4 is 21.6 Å². The average Bonchev–Trinajstić information content (AvgIpc) is 2.41. The second kappa shape index (κ2) is 6.65. The van der Waals surface area contributed by atoms with Gasteiger partial charge in [-0.1, -0.05) is 12.1 Å². The smallest absolute Gasteiger partial charge is 0.387 e. The van der Waals surface area contributed by atoms with E-state index in [0.717, 1.165) is 21.4 Å². The quantitative estimate of drug-likeness (QED) is 0.819. The molecule has 20 heavy (non-hydrogen) atoms. The van der Waals surface area contributed by atoms with Crippen LogP contribution >= 0.6 is 15.9 Å². The number of nitrogens with zero attached hydrogens (tertiary/aromatic N) is 1. The summed E-state index contributed by atoms with van der Waals surface area (Å²) in [4.78, 5) is 4.19. The molecule has 0 saturated heterocycles. The van der Waals surface area contributed by atoms with Gasteiger partial charge in [-0.15, -0.1) is 0 Å². The topological polar surface area (TPSA) is 34.1 Å². The van der Waals surface area contributed by atoms with Crippen molar-refractivity contribution in [2.75, 3.05) is 5.32 Å². The maximum Gasteiger partial charge on any atom is 0.387 e. The monoisotopic (exact) mass is 342 g/mol. The summed E-state index contributed by atoms with van der Waals surface area (Å²) in [5, 5.41) is 3.22. The van der Waals surface area contributed by atoms with Crippen molar-refractivity contribution < 1.29 is 13.5 Å². The standard InChI is InChI=1S/C14H13BrF2N2O/c1-9-6-11(8-19-13(9)15)18-7-10-2-4-12(5-3-10)20-14(16)17/h2-6,8,14,18H,7H2,1H3. The van der Waals surface area contributed by atoms with Crippen LogP contribution in [0.3, 0.4) is 0 Å². The first-order valence-corrected chi connectivity index (χ1v) is 6.73. The molecular formula is C14H13BrF2N2O. The lowest BCUT2D eigenvalue weighted by Gasteiger charge is -2.09. The Hall–Kier alpha value is -1.69. The van der Waals surface area contributed by atoms with Gasteiger partial charge >= 0.3 is 6.61 Å². The van der Waals surface area contributed by atoms with Gasteiger partial charge in [-0.25, -0.2) is 4.98 Å². The Labute approximate surface area is 124 Å². The maximum atomic E-state index is 12.0. The summed E-state index contributed by atoms with van der Waals surface area (Å²) < 4.78 is 29.1. The first-order valence-electron chi connectivity index (χ1n) is 5.94. The zero-order valence-electron chi connectivity index (χ0n) is 10.7. The molecule has 0 spiro atoms. The summed E-state index contributed by atoms with van der Waals surface area (Å²) in [7, 11) is 0. The number of rotatable bonds is 5. The van der Waals surface area contributed by atoms with E-state index in [1.54, 1.807) is 18.3 Å². The predicted octanol–water partition coefficient (Wildman–Crippen LogP) is 4.37. The van der Waals surface area contributed by atoms with Crippen molar-refractivity contribution in [3.63, 3.8) is 0 Å². The van der Waals surface area contributed by atoms with E-state index in [9.17, 15) is 8.78 Å². The number of aromatic nitrogens is 1. The van der Waals surface area contributed by atoms with Crippen molar-refractivity contribution in [3.05, 3.63) is 52.3 Å². The van der Waals surface area contributed by atoms with Crippen LogP contribution in [0.25, 0.3) is 0 Å². The summed E-state index contributed by atoms with van der Waals surface area (Å²) >= 11 is 3.34. The molecule has 1 heterocycles. The normalized spacial score (nSPS) is 10.7. The molecule has 2 rings (SSSR count). The molecule has 0 radical (unpaired) electrons. The molecule has 0 atom stereocenters. The van der Waals surface area contributed by atoms with Crippen molar-refractivity contribution in [2.45, 2.75) is 20.1 Å². The van der Waals surface area contributed by atoms with E-state index in [-0.39, 0.29) is 5.75 Å². The lowest BCUT2D eigenvalue weighted by Crippen LogP contribution is -2.03. The number of alkyl halides is 2. The van der Waals surface area contributed by atoms with Crippen molar-refractivity contribution in [1.82, 2.24) is 4.98 Å². The van der Waals surface area contributed by atoms with Gasteiger partial charge in [0, 0.05) is 6.54 Å². The molecule has 0 aliphatic heterocycles. The molecule has 1 N–H and O–H groups in total. The number of hydrogen-bond donors (Lipinski definition) is 1. The zero-order valence-corrected chi connectivity index (χ0v) is 12.3. The minimum Gasteiger partial charge on any atom is -0.435 e. The summed E-state index contributed by atoms with van der Waals surface area (Å²) in [6.45, 7) is -0.257. The molecule has 0 aliphatic carbocycles. The Kier molecular flexibility index (Phi) is 4.89. The van der Waals surface area contributed by atoms with Crippen LogP contribution in [0.1, 0.15) is 11.1 Å². The predicted molar refractivity (Wildman–Crippen MR) is 77.1 cm³/mol.